The number of para-hydroxylation sites is 1. The first-order valence-electron chi connectivity index (χ1n) is 8.01. The number of carbonyl (C=O) groups is 1. The number of halogens is 1. The smallest absolute Gasteiger partial charge is 0.238 e. The van der Waals surface area contributed by atoms with Gasteiger partial charge in [-0.2, -0.15) is 0 Å². The van der Waals surface area contributed by atoms with Gasteiger partial charge in [-0.25, -0.2) is 0 Å². The second kappa shape index (κ2) is 7.60. The van der Waals surface area contributed by atoms with Crippen molar-refractivity contribution < 1.29 is 4.79 Å². The molecule has 2 aromatic rings. The lowest BCUT2D eigenvalue weighted by atomic mass is 10.0. The van der Waals surface area contributed by atoms with Gasteiger partial charge in [-0.1, -0.05) is 35.9 Å². The number of aromatic nitrogens is 1. The van der Waals surface area contributed by atoms with Crippen LogP contribution in [0.5, 0.6) is 0 Å². The maximum atomic E-state index is 12.2. The number of pyridine rings is 1. The molecule has 24 heavy (non-hydrogen) atoms. The van der Waals surface area contributed by atoms with E-state index in [1.807, 2.05) is 43.3 Å². The molecule has 4 nitrogen and oxygen atoms in total. The Morgan fingerprint density at radius 3 is 2.83 bits per heavy atom. The van der Waals surface area contributed by atoms with Gasteiger partial charge in [0.05, 0.1) is 17.3 Å². The van der Waals surface area contributed by atoms with Gasteiger partial charge in [-0.3, -0.25) is 14.7 Å². The van der Waals surface area contributed by atoms with Crippen LogP contribution in [0.2, 0.25) is 5.02 Å². The van der Waals surface area contributed by atoms with Crippen LogP contribution in [0.3, 0.4) is 0 Å². The van der Waals surface area contributed by atoms with E-state index in [9.17, 15) is 4.79 Å². The molecule has 1 aliphatic heterocycles. The summed E-state index contributed by atoms with van der Waals surface area (Å²) >= 11 is 6.20. The number of carbonyl (C=O) groups excluding carboxylic acids is 1. The predicted octanol–water partition coefficient (Wildman–Crippen LogP) is 3.77. The summed E-state index contributed by atoms with van der Waals surface area (Å²) in [5.74, 6) is 0.0111. The predicted molar refractivity (Wildman–Crippen MR) is 98.1 cm³/mol. The first-order chi connectivity index (χ1) is 11.6. The van der Waals surface area contributed by atoms with Crippen molar-refractivity contribution >= 4 is 28.8 Å². The van der Waals surface area contributed by atoms with E-state index in [1.165, 1.54) is 0 Å². The van der Waals surface area contributed by atoms with Crippen molar-refractivity contribution in [2.24, 2.45) is 0 Å². The van der Waals surface area contributed by atoms with Gasteiger partial charge in [-0.05, 0) is 42.7 Å². The molecule has 0 spiro atoms. The molecule has 1 aliphatic rings. The second-order valence-electron chi connectivity index (χ2n) is 5.91. The number of hydrogen-bond acceptors (Lipinski definition) is 3. The van der Waals surface area contributed by atoms with Gasteiger partial charge < -0.3 is 5.32 Å². The van der Waals surface area contributed by atoms with Crippen LogP contribution in [-0.4, -0.2) is 35.4 Å². The number of amides is 1. The zero-order valence-electron chi connectivity index (χ0n) is 13.6. The molecule has 0 radical (unpaired) electrons. The summed E-state index contributed by atoms with van der Waals surface area (Å²) in [6.45, 7) is 3.92. The van der Waals surface area contributed by atoms with Crippen molar-refractivity contribution in [3.05, 3.63) is 65.0 Å². The monoisotopic (exact) mass is 341 g/mol. The summed E-state index contributed by atoms with van der Waals surface area (Å²) in [5, 5.41) is 3.65. The van der Waals surface area contributed by atoms with E-state index in [-0.39, 0.29) is 5.91 Å². The van der Waals surface area contributed by atoms with Crippen LogP contribution in [0.1, 0.15) is 17.7 Å². The third-order valence-corrected chi connectivity index (χ3v) is 4.45. The maximum Gasteiger partial charge on any atom is 0.238 e. The molecule has 0 fully saturated rings. The third-order valence-electron chi connectivity index (χ3n) is 4.14. The van der Waals surface area contributed by atoms with Gasteiger partial charge in [0.2, 0.25) is 5.91 Å². The van der Waals surface area contributed by atoms with Crippen LogP contribution in [0.25, 0.3) is 5.57 Å². The first kappa shape index (κ1) is 16.7. The highest BCUT2D eigenvalue weighted by Gasteiger charge is 2.17. The summed E-state index contributed by atoms with van der Waals surface area (Å²) in [6, 6.07) is 11.5. The first-order valence-corrected chi connectivity index (χ1v) is 8.39. The lowest BCUT2D eigenvalue weighted by Gasteiger charge is -2.25. The molecule has 5 heteroatoms. The second-order valence-corrected chi connectivity index (χ2v) is 6.32. The summed E-state index contributed by atoms with van der Waals surface area (Å²) in [5.41, 5.74) is 3.94. The Labute approximate surface area is 147 Å². The SMILES string of the molecule is Cc1ccccc1NC(=O)CN1CC=C(c2ncccc2Cl)CC1. The molecule has 1 N–H and O–H groups in total. The van der Waals surface area contributed by atoms with Crippen LogP contribution in [0.15, 0.2) is 48.7 Å². The van der Waals surface area contributed by atoms with Crippen LogP contribution in [0, 0.1) is 6.92 Å². The minimum Gasteiger partial charge on any atom is -0.325 e. The Balaban J connectivity index is 1.58. The Kier molecular flexibility index (Phi) is 5.28. The molecule has 0 saturated heterocycles. The molecule has 0 unspecified atom stereocenters. The number of anilines is 1. The molecule has 0 aliphatic carbocycles. The number of hydrogen-bond donors (Lipinski definition) is 1. The van der Waals surface area contributed by atoms with E-state index in [1.54, 1.807) is 6.20 Å². The number of aryl methyl sites for hydroxylation is 1. The average molecular weight is 342 g/mol. The summed E-state index contributed by atoms with van der Waals surface area (Å²) in [4.78, 5) is 18.7. The van der Waals surface area contributed by atoms with Crippen molar-refractivity contribution in [1.29, 1.82) is 0 Å². The highest BCUT2D eigenvalue weighted by molar-refractivity contribution is 6.32. The molecule has 124 valence electrons. The summed E-state index contributed by atoms with van der Waals surface area (Å²) in [6.07, 6.45) is 4.71. The Morgan fingerprint density at radius 2 is 2.12 bits per heavy atom. The largest absolute Gasteiger partial charge is 0.325 e. The van der Waals surface area contributed by atoms with E-state index >= 15 is 0 Å². The number of benzene rings is 1. The Bertz CT molecular complexity index is 773. The molecule has 0 bridgehead atoms. The third kappa shape index (κ3) is 4.02. The minimum absolute atomic E-state index is 0.0111. The van der Waals surface area contributed by atoms with E-state index in [0.717, 1.165) is 42.0 Å². The van der Waals surface area contributed by atoms with Crippen molar-refractivity contribution in [3.8, 4) is 0 Å². The number of nitrogens with zero attached hydrogens (tertiary/aromatic N) is 2. The van der Waals surface area contributed by atoms with Gasteiger partial charge >= 0.3 is 0 Å². The zero-order chi connectivity index (χ0) is 16.9. The van der Waals surface area contributed by atoms with Crippen LogP contribution in [0.4, 0.5) is 5.69 Å². The van der Waals surface area contributed by atoms with Gasteiger partial charge in [-0.15, -0.1) is 0 Å². The van der Waals surface area contributed by atoms with E-state index < -0.39 is 0 Å². The van der Waals surface area contributed by atoms with Crippen molar-refractivity contribution in [2.45, 2.75) is 13.3 Å². The van der Waals surface area contributed by atoms with E-state index in [0.29, 0.717) is 11.6 Å². The fourth-order valence-electron chi connectivity index (χ4n) is 2.80. The standard InChI is InChI=1S/C19H20ClN3O/c1-14-5-2-3-7-17(14)22-18(24)13-23-11-8-15(9-12-23)19-16(20)6-4-10-21-19/h2-8,10H,9,11-13H2,1H3,(H,22,24). The normalized spacial score (nSPS) is 15.0. The van der Waals surface area contributed by atoms with E-state index in [2.05, 4.69) is 21.3 Å². The maximum absolute atomic E-state index is 12.2. The van der Waals surface area contributed by atoms with Crippen LogP contribution in [-0.2, 0) is 4.79 Å². The highest BCUT2D eigenvalue weighted by Crippen LogP contribution is 2.26. The highest BCUT2D eigenvalue weighted by atomic mass is 35.5. The van der Waals surface area contributed by atoms with Gasteiger partial charge in [0.1, 0.15) is 0 Å². The lowest BCUT2D eigenvalue weighted by molar-refractivity contribution is -0.117. The molecule has 0 saturated carbocycles. The average Bonchev–Trinajstić information content (AvgIpc) is 2.58. The topological polar surface area (TPSA) is 45.2 Å². The van der Waals surface area contributed by atoms with E-state index in [4.69, 9.17) is 11.6 Å². The molecule has 0 atom stereocenters. The number of rotatable bonds is 4. The summed E-state index contributed by atoms with van der Waals surface area (Å²) < 4.78 is 0. The van der Waals surface area contributed by atoms with Gasteiger partial charge in [0.25, 0.3) is 0 Å². The van der Waals surface area contributed by atoms with Crippen LogP contribution >= 0.6 is 11.6 Å². The molecular weight excluding hydrogens is 322 g/mol. The zero-order valence-corrected chi connectivity index (χ0v) is 14.4. The van der Waals surface area contributed by atoms with Crippen LogP contribution < -0.4 is 5.32 Å². The molecule has 3 rings (SSSR count). The van der Waals surface area contributed by atoms with Crippen molar-refractivity contribution in [1.82, 2.24) is 9.88 Å². The summed E-state index contributed by atoms with van der Waals surface area (Å²) in [7, 11) is 0. The van der Waals surface area contributed by atoms with Gasteiger partial charge in [0, 0.05) is 25.0 Å². The van der Waals surface area contributed by atoms with Gasteiger partial charge in [0.15, 0.2) is 0 Å². The molecule has 1 amide bonds. The quantitative estimate of drug-likeness (QED) is 0.920. The minimum atomic E-state index is 0.0111. The Hall–Kier alpha value is -2.17. The Morgan fingerprint density at radius 1 is 1.29 bits per heavy atom. The molecule has 1 aromatic carbocycles. The van der Waals surface area contributed by atoms with Crippen molar-refractivity contribution in [3.63, 3.8) is 0 Å². The van der Waals surface area contributed by atoms with Crippen molar-refractivity contribution in [2.75, 3.05) is 25.0 Å². The molecule has 1 aromatic heterocycles. The molecule has 2 heterocycles. The lowest BCUT2D eigenvalue weighted by Crippen LogP contribution is -2.36. The molecular formula is C19H20ClN3O. The number of nitrogens with one attached hydrogen (secondary N) is 1. The fraction of sp³-hybridized carbons (Fsp3) is 0.263. The fourth-order valence-corrected chi connectivity index (χ4v) is 3.04.